The number of rotatable bonds is 4. The van der Waals surface area contributed by atoms with Gasteiger partial charge in [0.15, 0.2) is 0 Å². The van der Waals surface area contributed by atoms with Crippen molar-refractivity contribution in [3.63, 3.8) is 0 Å². The van der Waals surface area contributed by atoms with Gasteiger partial charge in [0, 0.05) is 5.92 Å². The summed E-state index contributed by atoms with van der Waals surface area (Å²) in [6, 6.07) is 0. The summed E-state index contributed by atoms with van der Waals surface area (Å²) in [6.45, 7) is 6.93. The first-order valence-corrected chi connectivity index (χ1v) is 4.23. The standard InChI is InChI=1S/C9H18F2/c1-6(2)5-9(11)7(3)8(4)10/h6-9H,5H2,1-4H3. The van der Waals surface area contributed by atoms with Crippen molar-refractivity contribution < 1.29 is 8.78 Å². The topological polar surface area (TPSA) is 0 Å². The van der Waals surface area contributed by atoms with E-state index in [0.29, 0.717) is 12.3 Å². The Kier molecular flexibility index (Phi) is 4.62. The molecule has 0 bridgehead atoms. The molecule has 3 atom stereocenters. The first-order valence-electron chi connectivity index (χ1n) is 4.23. The van der Waals surface area contributed by atoms with Crippen molar-refractivity contribution in [2.75, 3.05) is 0 Å². The highest BCUT2D eigenvalue weighted by atomic mass is 19.1. The van der Waals surface area contributed by atoms with Gasteiger partial charge in [-0.1, -0.05) is 20.8 Å². The Balaban J connectivity index is 3.73. The molecule has 0 saturated heterocycles. The quantitative estimate of drug-likeness (QED) is 0.597. The summed E-state index contributed by atoms with van der Waals surface area (Å²) in [4.78, 5) is 0. The van der Waals surface area contributed by atoms with Crippen LogP contribution in [0.5, 0.6) is 0 Å². The van der Waals surface area contributed by atoms with Crippen LogP contribution >= 0.6 is 0 Å². The lowest BCUT2D eigenvalue weighted by Crippen LogP contribution is -2.22. The van der Waals surface area contributed by atoms with Gasteiger partial charge in [-0.3, -0.25) is 0 Å². The van der Waals surface area contributed by atoms with E-state index in [1.165, 1.54) is 6.92 Å². The third kappa shape index (κ3) is 4.33. The summed E-state index contributed by atoms with van der Waals surface area (Å²) in [5, 5.41) is 0. The molecule has 0 nitrogen and oxygen atoms in total. The highest BCUT2D eigenvalue weighted by Crippen LogP contribution is 2.20. The average molecular weight is 164 g/mol. The Morgan fingerprint density at radius 3 is 1.73 bits per heavy atom. The molecule has 0 radical (unpaired) electrons. The van der Waals surface area contributed by atoms with Crippen LogP contribution in [0.1, 0.15) is 34.1 Å². The van der Waals surface area contributed by atoms with Gasteiger partial charge in [-0.25, -0.2) is 8.78 Å². The van der Waals surface area contributed by atoms with Crippen LogP contribution in [0.25, 0.3) is 0 Å². The normalized spacial score (nSPS) is 19.9. The minimum atomic E-state index is -1.04. The summed E-state index contributed by atoms with van der Waals surface area (Å²) in [6.07, 6.45) is -1.56. The lowest BCUT2D eigenvalue weighted by Gasteiger charge is -2.19. The van der Waals surface area contributed by atoms with Gasteiger partial charge in [0.1, 0.15) is 12.3 Å². The Labute approximate surface area is 68.0 Å². The summed E-state index contributed by atoms with van der Waals surface area (Å²) < 4.78 is 25.6. The van der Waals surface area contributed by atoms with E-state index < -0.39 is 18.3 Å². The molecule has 0 aromatic carbocycles. The van der Waals surface area contributed by atoms with Gasteiger partial charge >= 0.3 is 0 Å². The lowest BCUT2D eigenvalue weighted by atomic mass is 9.94. The molecule has 0 aliphatic carbocycles. The SMILES string of the molecule is CC(C)CC(F)C(C)C(C)F. The number of hydrogen-bond acceptors (Lipinski definition) is 0. The molecular weight excluding hydrogens is 146 g/mol. The van der Waals surface area contributed by atoms with Gasteiger partial charge in [-0.05, 0) is 19.3 Å². The molecule has 0 aromatic rings. The van der Waals surface area contributed by atoms with E-state index in [2.05, 4.69) is 0 Å². The second-order valence-electron chi connectivity index (χ2n) is 3.68. The molecule has 2 heteroatoms. The predicted octanol–water partition coefficient (Wildman–Crippen LogP) is 3.36. The van der Waals surface area contributed by atoms with Crippen LogP contribution in [-0.4, -0.2) is 12.3 Å². The van der Waals surface area contributed by atoms with E-state index in [1.54, 1.807) is 6.92 Å². The van der Waals surface area contributed by atoms with Crippen molar-refractivity contribution in [3.8, 4) is 0 Å². The monoisotopic (exact) mass is 164 g/mol. The third-order valence-corrected chi connectivity index (χ3v) is 1.99. The van der Waals surface area contributed by atoms with Crippen molar-refractivity contribution >= 4 is 0 Å². The number of hydrogen-bond donors (Lipinski definition) is 0. The zero-order chi connectivity index (χ0) is 9.02. The van der Waals surface area contributed by atoms with Crippen LogP contribution in [0.3, 0.4) is 0 Å². The molecular formula is C9H18F2. The van der Waals surface area contributed by atoms with Crippen molar-refractivity contribution in [1.82, 2.24) is 0 Å². The van der Waals surface area contributed by atoms with Crippen LogP contribution in [0, 0.1) is 11.8 Å². The maximum Gasteiger partial charge on any atom is 0.106 e. The minimum absolute atomic E-state index is 0.311. The fourth-order valence-electron chi connectivity index (χ4n) is 0.953. The molecule has 0 aliphatic rings. The van der Waals surface area contributed by atoms with Crippen LogP contribution in [0.15, 0.2) is 0 Å². The average Bonchev–Trinajstić information content (AvgIpc) is 1.84. The molecule has 0 rings (SSSR count). The Hall–Kier alpha value is -0.140. The number of alkyl halides is 2. The van der Waals surface area contributed by atoms with E-state index in [9.17, 15) is 8.78 Å². The second-order valence-corrected chi connectivity index (χ2v) is 3.68. The summed E-state index contributed by atoms with van der Waals surface area (Å²) in [5.41, 5.74) is 0. The fraction of sp³-hybridized carbons (Fsp3) is 1.00. The molecule has 0 spiro atoms. The van der Waals surface area contributed by atoms with E-state index >= 15 is 0 Å². The maximum absolute atomic E-state index is 13.1. The van der Waals surface area contributed by atoms with E-state index in [1.807, 2.05) is 13.8 Å². The van der Waals surface area contributed by atoms with Crippen LogP contribution in [-0.2, 0) is 0 Å². The van der Waals surface area contributed by atoms with Gasteiger partial charge in [0.05, 0.1) is 0 Å². The van der Waals surface area contributed by atoms with Gasteiger partial charge in [-0.15, -0.1) is 0 Å². The van der Waals surface area contributed by atoms with Crippen molar-refractivity contribution in [1.29, 1.82) is 0 Å². The van der Waals surface area contributed by atoms with Gasteiger partial charge in [-0.2, -0.15) is 0 Å². The van der Waals surface area contributed by atoms with Crippen LogP contribution in [0.2, 0.25) is 0 Å². The zero-order valence-corrected chi connectivity index (χ0v) is 7.77. The highest BCUT2D eigenvalue weighted by molar-refractivity contribution is 4.70. The summed E-state index contributed by atoms with van der Waals surface area (Å²) in [7, 11) is 0. The summed E-state index contributed by atoms with van der Waals surface area (Å²) >= 11 is 0. The van der Waals surface area contributed by atoms with Gasteiger partial charge in [0.2, 0.25) is 0 Å². The Morgan fingerprint density at radius 1 is 1.00 bits per heavy atom. The molecule has 0 N–H and O–H groups in total. The second kappa shape index (κ2) is 4.68. The van der Waals surface area contributed by atoms with Gasteiger partial charge in [0.25, 0.3) is 0 Å². The zero-order valence-electron chi connectivity index (χ0n) is 7.77. The molecule has 0 aliphatic heterocycles. The first kappa shape index (κ1) is 10.9. The van der Waals surface area contributed by atoms with E-state index in [0.717, 1.165) is 0 Å². The smallest absolute Gasteiger partial charge is 0.106 e. The molecule has 11 heavy (non-hydrogen) atoms. The predicted molar refractivity (Wildman–Crippen MR) is 44.1 cm³/mol. The Bertz CT molecular complexity index is 99.7. The van der Waals surface area contributed by atoms with E-state index in [-0.39, 0.29) is 0 Å². The molecule has 68 valence electrons. The molecule has 0 amide bonds. The lowest BCUT2D eigenvalue weighted by molar-refractivity contribution is 0.132. The van der Waals surface area contributed by atoms with Crippen LogP contribution in [0.4, 0.5) is 8.78 Å². The van der Waals surface area contributed by atoms with Crippen LogP contribution < -0.4 is 0 Å². The van der Waals surface area contributed by atoms with E-state index in [4.69, 9.17) is 0 Å². The third-order valence-electron chi connectivity index (χ3n) is 1.99. The largest absolute Gasteiger partial charge is 0.247 e. The Morgan fingerprint density at radius 2 is 1.45 bits per heavy atom. The molecule has 0 saturated carbocycles. The van der Waals surface area contributed by atoms with Crippen molar-refractivity contribution in [2.45, 2.75) is 46.5 Å². The molecule has 0 fully saturated rings. The number of halogens is 2. The van der Waals surface area contributed by atoms with Crippen molar-refractivity contribution in [2.24, 2.45) is 11.8 Å². The molecule has 3 unspecified atom stereocenters. The highest BCUT2D eigenvalue weighted by Gasteiger charge is 2.22. The first-order chi connectivity index (χ1) is 4.95. The van der Waals surface area contributed by atoms with Crippen molar-refractivity contribution in [3.05, 3.63) is 0 Å². The molecule has 0 aromatic heterocycles. The fourth-order valence-corrected chi connectivity index (χ4v) is 0.953. The summed E-state index contributed by atoms with van der Waals surface area (Å²) in [5.74, 6) is -0.149. The van der Waals surface area contributed by atoms with Gasteiger partial charge < -0.3 is 0 Å². The minimum Gasteiger partial charge on any atom is -0.247 e. The maximum atomic E-state index is 13.1. The molecule has 0 heterocycles.